The number of benzene rings is 2. The molecule has 0 saturated carbocycles. The zero-order valence-electron chi connectivity index (χ0n) is 13.0. The van der Waals surface area contributed by atoms with Crippen molar-refractivity contribution in [2.45, 2.75) is 26.2 Å². The van der Waals surface area contributed by atoms with Crippen molar-refractivity contribution in [2.24, 2.45) is 0 Å². The Balaban J connectivity index is 2.26. The lowest BCUT2D eigenvalue weighted by atomic mass is 9.96. The van der Waals surface area contributed by atoms with Crippen LogP contribution >= 0.6 is 0 Å². The lowest BCUT2D eigenvalue weighted by Crippen LogP contribution is -1.91. The Bertz CT molecular complexity index is 882. The predicted molar refractivity (Wildman–Crippen MR) is 87.7 cm³/mol. The van der Waals surface area contributed by atoms with Crippen molar-refractivity contribution >= 4 is 17.2 Å². The van der Waals surface area contributed by atoms with Crippen molar-refractivity contribution in [3.8, 4) is 11.3 Å². The van der Waals surface area contributed by atoms with Crippen molar-refractivity contribution in [1.82, 2.24) is 4.98 Å². The van der Waals surface area contributed by atoms with E-state index in [1.165, 1.54) is 0 Å². The number of carbonyl (C=O) groups is 1. The molecule has 4 heteroatoms. The Morgan fingerprint density at radius 3 is 2.65 bits per heavy atom. The normalized spacial score (nSPS) is 12.5. The van der Waals surface area contributed by atoms with Crippen LogP contribution in [-0.4, -0.2) is 11.3 Å². The predicted octanol–water partition coefficient (Wildman–Crippen LogP) is 5.44. The lowest BCUT2D eigenvalue weighted by Gasteiger charge is -2.08. The van der Waals surface area contributed by atoms with E-state index in [2.05, 4.69) is 18.8 Å². The maximum Gasteiger partial charge on any atom is 0.152 e. The van der Waals surface area contributed by atoms with Gasteiger partial charge in [-0.2, -0.15) is 0 Å². The molecule has 0 saturated heterocycles. The van der Waals surface area contributed by atoms with Crippen LogP contribution in [0.5, 0.6) is 0 Å². The maximum atomic E-state index is 14.1. The summed E-state index contributed by atoms with van der Waals surface area (Å²) in [6.07, 6.45) is 1.68. The summed E-state index contributed by atoms with van der Waals surface area (Å²) < 4.78 is 27.5. The van der Waals surface area contributed by atoms with Crippen LogP contribution in [0.25, 0.3) is 22.2 Å². The van der Waals surface area contributed by atoms with Gasteiger partial charge >= 0.3 is 0 Å². The maximum absolute atomic E-state index is 14.1. The van der Waals surface area contributed by atoms with E-state index in [0.29, 0.717) is 23.5 Å². The molecule has 0 aliphatic heterocycles. The molecule has 0 aliphatic rings. The topological polar surface area (TPSA) is 32.9 Å². The van der Waals surface area contributed by atoms with Gasteiger partial charge in [0.25, 0.3) is 0 Å². The molecule has 0 amide bonds. The molecule has 2 aromatic carbocycles. The highest BCUT2D eigenvalue weighted by molar-refractivity contribution is 6.04. The molecule has 0 fully saturated rings. The van der Waals surface area contributed by atoms with E-state index in [1.54, 1.807) is 0 Å². The first-order valence-electron chi connectivity index (χ1n) is 7.61. The zero-order valence-corrected chi connectivity index (χ0v) is 13.0. The first kappa shape index (κ1) is 15.4. The molecular formula is C19H17F2NO. The van der Waals surface area contributed by atoms with Gasteiger partial charge in [0.1, 0.15) is 11.6 Å². The Labute approximate surface area is 133 Å². The molecule has 1 N–H and O–H groups in total. The number of carbonyl (C=O) groups excluding carboxylic acids is 1. The summed E-state index contributed by atoms with van der Waals surface area (Å²) in [4.78, 5) is 14.6. The minimum absolute atomic E-state index is 0.0633. The smallest absolute Gasteiger partial charge is 0.152 e. The van der Waals surface area contributed by atoms with E-state index in [9.17, 15) is 13.6 Å². The van der Waals surface area contributed by atoms with Crippen molar-refractivity contribution in [1.29, 1.82) is 0 Å². The summed E-state index contributed by atoms with van der Waals surface area (Å²) >= 11 is 0. The number of hydrogen-bond donors (Lipinski definition) is 1. The Kier molecular flexibility index (Phi) is 3.99. The molecular weight excluding hydrogens is 296 g/mol. The molecule has 118 valence electrons. The summed E-state index contributed by atoms with van der Waals surface area (Å²) in [5, 5.41) is 0.733. The Morgan fingerprint density at radius 1 is 1.17 bits per heavy atom. The first-order chi connectivity index (χ1) is 11.0. The molecule has 0 radical (unpaired) electrons. The van der Waals surface area contributed by atoms with Gasteiger partial charge in [-0.15, -0.1) is 0 Å². The van der Waals surface area contributed by atoms with Gasteiger partial charge in [0.2, 0.25) is 0 Å². The largest absolute Gasteiger partial charge is 0.354 e. The second kappa shape index (κ2) is 5.95. The van der Waals surface area contributed by atoms with Gasteiger partial charge in [-0.1, -0.05) is 19.9 Å². The number of hydrogen-bond acceptors (Lipinski definition) is 1. The number of aldehydes is 1. The van der Waals surface area contributed by atoms with Gasteiger partial charge in [0, 0.05) is 22.0 Å². The monoisotopic (exact) mass is 313 g/mol. The average Bonchev–Trinajstić information content (AvgIpc) is 2.93. The number of halogens is 2. The number of rotatable bonds is 4. The van der Waals surface area contributed by atoms with Crippen LogP contribution in [0.1, 0.15) is 42.1 Å². The molecule has 2 nitrogen and oxygen atoms in total. The van der Waals surface area contributed by atoms with Crippen molar-refractivity contribution in [2.75, 3.05) is 0 Å². The lowest BCUT2D eigenvalue weighted by molar-refractivity contribution is 0.112. The highest BCUT2D eigenvalue weighted by atomic mass is 19.1. The standard InChI is InChI=1S/C19H17F2NO/c1-3-11(2)12-4-7-18-14(8-12)16(10-23)19(22-18)15-9-13(20)5-6-17(15)21/h4-11,22H,3H2,1-2H3. The van der Waals surface area contributed by atoms with Gasteiger partial charge in [0.15, 0.2) is 6.29 Å². The van der Waals surface area contributed by atoms with Gasteiger partial charge in [-0.25, -0.2) is 8.78 Å². The third kappa shape index (κ3) is 2.65. The fraction of sp³-hybridized carbons (Fsp3) is 0.211. The van der Waals surface area contributed by atoms with E-state index in [0.717, 1.165) is 41.1 Å². The van der Waals surface area contributed by atoms with Crippen LogP contribution < -0.4 is 0 Å². The molecule has 23 heavy (non-hydrogen) atoms. The molecule has 1 aromatic heterocycles. The SMILES string of the molecule is CCC(C)c1ccc2[nH]c(-c3cc(F)ccc3F)c(C=O)c2c1. The zero-order chi connectivity index (χ0) is 16.6. The Hall–Kier alpha value is -2.49. The molecule has 1 heterocycles. The fourth-order valence-corrected chi connectivity index (χ4v) is 2.80. The molecule has 1 atom stereocenters. The summed E-state index contributed by atoms with van der Waals surface area (Å²) in [5.74, 6) is -0.747. The van der Waals surface area contributed by atoms with Crippen molar-refractivity contribution < 1.29 is 13.6 Å². The highest BCUT2D eigenvalue weighted by Gasteiger charge is 2.17. The van der Waals surface area contributed by atoms with Crippen LogP contribution in [0.3, 0.4) is 0 Å². The van der Waals surface area contributed by atoms with Crippen LogP contribution in [0, 0.1) is 11.6 Å². The summed E-state index contributed by atoms with van der Waals surface area (Å²) in [5.41, 5.74) is 2.59. The number of H-pyrrole nitrogens is 1. The van der Waals surface area contributed by atoms with Crippen molar-refractivity contribution in [3.05, 3.63) is 59.2 Å². The second-order valence-electron chi connectivity index (χ2n) is 5.77. The van der Waals surface area contributed by atoms with Gasteiger partial charge in [-0.3, -0.25) is 4.79 Å². The second-order valence-corrected chi connectivity index (χ2v) is 5.77. The minimum Gasteiger partial charge on any atom is -0.354 e. The van der Waals surface area contributed by atoms with E-state index in [-0.39, 0.29) is 5.56 Å². The van der Waals surface area contributed by atoms with E-state index >= 15 is 0 Å². The molecule has 0 spiro atoms. The Morgan fingerprint density at radius 2 is 1.96 bits per heavy atom. The molecule has 0 bridgehead atoms. The minimum atomic E-state index is -0.566. The van der Waals surface area contributed by atoms with Crippen LogP contribution in [0.15, 0.2) is 36.4 Å². The summed E-state index contributed by atoms with van der Waals surface area (Å²) in [6, 6.07) is 9.04. The van der Waals surface area contributed by atoms with Gasteiger partial charge in [-0.05, 0) is 48.2 Å². The summed E-state index contributed by atoms with van der Waals surface area (Å²) in [6.45, 7) is 4.21. The fourth-order valence-electron chi connectivity index (χ4n) is 2.80. The van der Waals surface area contributed by atoms with Crippen LogP contribution in [0.4, 0.5) is 8.78 Å². The highest BCUT2D eigenvalue weighted by Crippen LogP contribution is 2.33. The van der Waals surface area contributed by atoms with Crippen LogP contribution in [0.2, 0.25) is 0 Å². The molecule has 1 unspecified atom stereocenters. The third-order valence-electron chi connectivity index (χ3n) is 4.36. The van der Waals surface area contributed by atoms with E-state index in [4.69, 9.17) is 0 Å². The molecule has 3 aromatic rings. The third-order valence-corrected chi connectivity index (χ3v) is 4.36. The first-order valence-corrected chi connectivity index (χ1v) is 7.61. The van der Waals surface area contributed by atoms with E-state index in [1.807, 2.05) is 18.2 Å². The number of aromatic nitrogens is 1. The van der Waals surface area contributed by atoms with E-state index < -0.39 is 11.6 Å². The van der Waals surface area contributed by atoms with Crippen molar-refractivity contribution in [3.63, 3.8) is 0 Å². The molecule has 3 rings (SSSR count). The average molecular weight is 313 g/mol. The van der Waals surface area contributed by atoms with Crippen LogP contribution in [-0.2, 0) is 0 Å². The van der Waals surface area contributed by atoms with Gasteiger partial charge in [0.05, 0.1) is 5.69 Å². The number of aromatic amines is 1. The quantitative estimate of drug-likeness (QED) is 0.639. The summed E-state index contributed by atoms with van der Waals surface area (Å²) in [7, 11) is 0. The number of nitrogens with one attached hydrogen (secondary N) is 1. The molecule has 0 aliphatic carbocycles. The van der Waals surface area contributed by atoms with Gasteiger partial charge < -0.3 is 4.98 Å². The number of fused-ring (bicyclic) bond motifs is 1.